The molecule has 0 spiro atoms. The summed E-state index contributed by atoms with van der Waals surface area (Å²) in [5, 5.41) is 8.61. The predicted octanol–water partition coefficient (Wildman–Crippen LogP) is 4.27. The zero-order chi connectivity index (χ0) is 13.3. The Hall–Kier alpha value is -0.860. The maximum Gasteiger partial charge on any atom is 0.107 e. The summed E-state index contributed by atoms with van der Waals surface area (Å²) in [6.07, 6.45) is 0. The van der Waals surface area contributed by atoms with Crippen molar-refractivity contribution in [1.82, 2.24) is 0 Å². The van der Waals surface area contributed by atoms with Gasteiger partial charge < -0.3 is 0 Å². The average molecular weight is 236 g/mol. The van der Waals surface area contributed by atoms with Gasteiger partial charge in [-0.05, 0) is 27.5 Å². The van der Waals surface area contributed by atoms with Crippen LogP contribution in [0.3, 0.4) is 0 Å². The van der Waals surface area contributed by atoms with Crippen molar-refractivity contribution in [3.63, 3.8) is 0 Å². The van der Waals surface area contributed by atoms with Crippen LogP contribution in [0.1, 0.15) is 58.2 Å². The molecule has 96 valence electrons. The van der Waals surface area contributed by atoms with E-state index in [1.165, 1.54) is 11.1 Å². The molecule has 0 aliphatic heterocycles. The molecule has 0 saturated heterocycles. The third-order valence-electron chi connectivity index (χ3n) is 2.96. The van der Waals surface area contributed by atoms with Crippen molar-refractivity contribution in [2.24, 2.45) is 0 Å². The minimum Gasteiger partial charge on any atom is -0.251 e. The maximum atomic E-state index is 8.61. The molecule has 1 rings (SSSR count). The van der Waals surface area contributed by atoms with Crippen LogP contribution in [0, 0.1) is 0 Å². The van der Waals surface area contributed by atoms with Crippen molar-refractivity contribution >= 4 is 0 Å². The van der Waals surface area contributed by atoms with Gasteiger partial charge in [0.2, 0.25) is 0 Å². The molecule has 0 fully saturated rings. The van der Waals surface area contributed by atoms with Gasteiger partial charge >= 0.3 is 0 Å². The third kappa shape index (κ3) is 3.83. The van der Waals surface area contributed by atoms with Gasteiger partial charge in [0.25, 0.3) is 0 Å². The number of hydrogen-bond acceptors (Lipinski definition) is 2. The first kappa shape index (κ1) is 14.2. The van der Waals surface area contributed by atoms with Gasteiger partial charge in [0.1, 0.15) is 6.61 Å². The van der Waals surface area contributed by atoms with E-state index in [2.05, 4.69) is 64.6 Å². The lowest BCUT2D eigenvalue weighted by atomic mass is 9.79. The van der Waals surface area contributed by atoms with Crippen LogP contribution in [-0.4, -0.2) is 5.26 Å². The Balaban J connectivity index is 3.29. The Morgan fingerprint density at radius 2 is 1.29 bits per heavy atom. The Morgan fingerprint density at radius 3 is 1.59 bits per heavy atom. The molecular formula is C15H24O2. The van der Waals surface area contributed by atoms with E-state index in [0.717, 1.165) is 5.56 Å². The van der Waals surface area contributed by atoms with E-state index in [1.54, 1.807) is 0 Å². The zero-order valence-electron chi connectivity index (χ0n) is 11.8. The molecule has 0 radical (unpaired) electrons. The summed E-state index contributed by atoms with van der Waals surface area (Å²) < 4.78 is 0. The number of rotatable bonds is 2. The van der Waals surface area contributed by atoms with E-state index in [1.807, 2.05) is 0 Å². The minimum absolute atomic E-state index is 0.103. The molecule has 0 heterocycles. The monoisotopic (exact) mass is 236 g/mol. The van der Waals surface area contributed by atoms with Crippen molar-refractivity contribution in [2.75, 3.05) is 0 Å². The van der Waals surface area contributed by atoms with Gasteiger partial charge in [-0.2, -0.15) is 0 Å². The molecule has 0 unspecified atom stereocenters. The molecule has 2 nitrogen and oxygen atoms in total. The third-order valence-corrected chi connectivity index (χ3v) is 2.96. The molecular weight excluding hydrogens is 212 g/mol. The van der Waals surface area contributed by atoms with Gasteiger partial charge in [0, 0.05) is 0 Å². The molecule has 1 N–H and O–H groups in total. The highest BCUT2D eigenvalue weighted by molar-refractivity contribution is 5.37. The minimum atomic E-state index is 0.103. The quantitative estimate of drug-likeness (QED) is 0.613. The predicted molar refractivity (Wildman–Crippen MR) is 71.3 cm³/mol. The van der Waals surface area contributed by atoms with Crippen LogP contribution in [0.4, 0.5) is 0 Å². The summed E-state index contributed by atoms with van der Waals surface area (Å²) in [5.41, 5.74) is 3.77. The van der Waals surface area contributed by atoms with E-state index in [9.17, 15) is 0 Å². The van der Waals surface area contributed by atoms with Gasteiger partial charge in [-0.1, -0.05) is 59.7 Å². The largest absolute Gasteiger partial charge is 0.251 e. The molecule has 0 bridgehead atoms. The van der Waals surface area contributed by atoms with Crippen LogP contribution < -0.4 is 0 Å². The average Bonchev–Trinajstić information content (AvgIpc) is 2.15. The maximum absolute atomic E-state index is 8.61. The fraction of sp³-hybridized carbons (Fsp3) is 0.600. The number of hydrogen-bond donors (Lipinski definition) is 1. The van der Waals surface area contributed by atoms with Crippen molar-refractivity contribution in [3.05, 3.63) is 34.9 Å². The van der Waals surface area contributed by atoms with Gasteiger partial charge in [-0.3, -0.25) is 5.26 Å². The van der Waals surface area contributed by atoms with Gasteiger partial charge in [0.05, 0.1) is 0 Å². The fourth-order valence-corrected chi connectivity index (χ4v) is 1.72. The molecule has 2 heteroatoms. The highest BCUT2D eigenvalue weighted by atomic mass is 17.1. The molecule has 17 heavy (non-hydrogen) atoms. The Labute approximate surface area is 105 Å². The van der Waals surface area contributed by atoms with Gasteiger partial charge in [0.15, 0.2) is 0 Å². The van der Waals surface area contributed by atoms with Crippen LogP contribution in [-0.2, 0) is 22.3 Å². The first-order valence-corrected chi connectivity index (χ1v) is 6.06. The molecule has 0 aliphatic carbocycles. The molecule has 1 aromatic carbocycles. The SMILES string of the molecule is CC(C)(C)c1cc(COO)cc(C(C)(C)C)c1. The molecule has 1 aromatic rings. The molecule has 0 amide bonds. The summed E-state index contributed by atoms with van der Waals surface area (Å²) in [5.74, 6) is 0. The number of benzene rings is 1. The Kier molecular flexibility index (Phi) is 4.00. The van der Waals surface area contributed by atoms with E-state index in [-0.39, 0.29) is 17.4 Å². The summed E-state index contributed by atoms with van der Waals surface area (Å²) in [4.78, 5) is 4.26. The second kappa shape index (κ2) is 4.79. The summed E-state index contributed by atoms with van der Waals surface area (Å²) >= 11 is 0. The highest BCUT2D eigenvalue weighted by Gasteiger charge is 2.20. The van der Waals surface area contributed by atoms with Crippen LogP contribution in [0.25, 0.3) is 0 Å². The van der Waals surface area contributed by atoms with Crippen molar-refractivity contribution in [1.29, 1.82) is 0 Å². The van der Waals surface area contributed by atoms with Crippen LogP contribution in [0.2, 0.25) is 0 Å². The van der Waals surface area contributed by atoms with Crippen molar-refractivity contribution in [2.45, 2.75) is 59.0 Å². The topological polar surface area (TPSA) is 29.5 Å². The van der Waals surface area contributed by atoms with E-state index in [4.69, 9.17) is 5.26 Å². The molecule has 0 saturated carbocycles. The van der Waals surface area contributed by atoms with Crippen LogP contribution >= 0.6 is 0 Å². The fourth-order valence-electron chi connectivity index (χ4n) is 1.72. The second-order valence-corrected chi connectivity index (χ2v) is 6.69. The molecule has 0 aromatic heterocycles. The first-order chi connectivity index (χ1) is 7.64. The smallest absolute Gasteiger partial charge is 0.107 e. The second-order valence-electron chi connectivity index (χ2n) is 6.69. The van der Waals surface area contributed by atoms with Crippen molar-refractivity contribution < 1.29 is 10.1 Å². The summed E-state index contributed by atoms with van der Waals surface area (Å²) in [7, 11) is 0. The standard InChI is InChI=1S/C15H24O2/c1-14(2,3)12-7-11(10-17-16)8-13(9-12)15(4,5)6/h7-9,16H,10H2,1-6H3. The Morgan fingerprint density at radius 1 is 0.882 bits per heavy atom. The van der Waals surface area contributed by atoms with Crippen LogP contribution in [0.5, 0.6) is 0 Å². The van der Waals surface area contributed by atoms with E-state index in [0.29, 0.717) is 0 Å². The lowest BCUT2D eigenvalue weighted by Crippen LogP contribution is -2.17. The summed E-state index contributed by atoms with van der Waals surface area (Å²) in [6.45, 7) is 13.4. The summed E-state index contributed by atoms with van der Waals surface area (Å²) in [6, 6.07) is 6.46. The highest BCUT2D eigenvalue weighted by Crippen LogP contribution is 2.30. The lowest BCUT2D eigenvalue weighted by Gasteiger charge is -2.26. The first-order valence-electron chi connectivity index (χ1n) is 6.06. The van der Waals surface area contributed by atoms with E-state index >= 15 is 0 Å². The normalized spacial score (nSPS) is 12.9. The lowest BCUT2D eigenvalue weighted by molar-refractivity contribution is -0.253. The zero-order valence-corrected chi connectivity index (χ0v) is 11.8. The molecule has 0 atom stereocenters. The van der Waals surface area contributed by atoms with Crippen LogP contribution in [0.15, 0.2) is 18.2 Å². The van der Waals surface area contributed by atoms with E-state index < -0.39 is 0 Å². The van der Waals surface area contributed by atoms with Crippen molar-refractivity contribution in [3.8, 4) is 0 Å². The van der Waals surface area contributed by atoms with Gasteiger partial charge in [-0.25, -0.2) is 4.89 Å². The Bertz CT molecular complexity index is 349. The molecule has 0 aliphatic rings. The van der Waals surface area contributed by atoms with Gasteiger partial charge in [-0.15, -0.1) is 0 Å².